The van der Waals surface area contributed by atoms with Gasteiger partial charge in [-0.2, -0.15) is 0 Å². The van der Waals surface area contributed by atoms with E-state index in [1.165, 1.54) is 25.7 Å². The topological polar surface area (TPSA) is 9.23 Å². The van der Waals surface area contributed by atoms with Crippen LogP contribution in [0.4, 0.5) is 0 Å². The van der Waals surface area contributed by atoms with Crippen LogP contribution in [0.5, 0.6) is 5.75 Å². The first-order valence-corrected chi connectivity index (χ1v) is 8.39. The molecule has 1 rings (SSSR count). The van der Waals surface area contributed by atoms with Gasteiger partial charge in [0, 0.05) is 15.9 Å². The third kappa shape index (κ3) is 4.54. The van der Waals surface area contributed by atoms with Gasteiger partial charge in [-0.25, -0.2) is 0 Å². The lowest BCUT2D eigenvalue weighted by atomic mass is 9.91. The predicted molar refractivity (Wildman–Crippen MR) is 88.0 cm³/mol. The largest absolute Gasteiger partial charge is 0.495 e. The molecule has 0 spiro atoms. The molecule has 1 aromatic carbocycles. The van der Waals surface area contributed by atoms with Crippen LogP contribution in [0.1, 0.15) is 49.9 Å². The van der Waals surface area contributed by atoms with E-state index < -0.39 is 0 Å². The van der Waals surface area contributed by atoms with Gasteiger partial charge in [0.25, 0.3) is 0 Å². The second-order valence-electron chi connectivity index (χ2n) is 4.75. The highest BCUT2D eigenvalue weighted by atomic mass is 79.9. The van der Waals surface area contributed by atoms with Crippen LogP contribution < -0.4 is 4.74 Å². The van der Waals surface area contributed by atoms with Gasteiger partial charge in [0.05, 0.1) is 12.1 Å². The minimum atomic E-state index is 0.239. The molecule has 0 aliphatic rings. The molecule has 0 aliphatic carbocycles. The Morgan fingerprint density at radius 1 is 1.11 bits per heavy atom. The number of benzene rings is 1. The second-order valence-corrected chi connectivity index (χ2v) is 6.55. The van der Waals surface area contributed by atoms with Crippen LogP contribution in [-0.2, 0) is 0 Å². The molecule has 0 N–H and O–H groups in total. The molecule has 1 unspecified atom stereocenters. The Balaban J connectivity index is 3.03. The highest BCUT2D eigenvalue weighted by Gasteiger charge is 2.22. The van der Waals surface area contributed by atoms with Gasteiger partial charge >= 0.3 is 0 Å². The first-order chi connectivity index (χ1) is 9.04. The monoisotopic (exact) mass is 366 g/mol. The maximum Gasteiger partial charge on any atom is 0.138 e. The van der Waals surface area contributed by atoms with Crippen molar-refractivity contribution in [1.29, 1.82) is 0 Å². The van der Waals surface area contributed by atoms with E-state index in [0.29, 0.717) is 21.7 Å². The van der Waals surface area contributed by atoms with Gasteiger partial charge in [0.15, 0.2) is 0 Å². The number of halogens is 3. The summed E-state index contributed by atoms with van der Waals surface area (Å²) in [5, 5.41) is 1.32. The SMILES string of the molecule is CCCC(CCC)C(Br)c1cc(Cl)c(OC)cc1Cl. The van der Waals surface area contributed by atoms with Crippen LogP contribution in [0.2, 0.25) is 10.0 Å². The molecule has 0 fully saturated rings. The molecular formula is C15H21BrCl2O. The van der Waals surface area contributed by atoms with Crippen molar-refractivity contribution >= 4 is 39.1 Å². The zero-order valence-corrected chi connectivity index (χ0v) is 14.8. The first-order valence-electron chi connectivity index (χ1n) is 6.72. The van der Waals surface area contributed by atoms with Gasteiger partial charge in [-0.1, -0.05) is 65.8 Å². The average molecular weight is 368 g/mol. The first kappa shape index (κ1) is 17.1. The summed E-state index contributed by atoms with van der Waals surface area (Å²) in [6, 6.07) is 3.71. The molecule has 0 bridgehead atoms. The molecule has 0 saturated heterocycles. The standard InChI is InChI=1S/C15H21BrCl2O/c1-4-6-10(7-5-2)15(16)11-8-13(18)14(19-3)9-12(11)17/h8-10,15H,4-7H2,1-3H3. The van der Waals surface area contributed by atoms with Gasteiger partial charge in [0.2, 0.25) is 0 Å². The molecule has 108 valence electrons. The fraction of sp³-hybridized carbons (Fsp3) is 0.600. The lowest BCUT2D eigenvalue weighted by molar-refractivity contribution is 0.413. The van der Waals surface area contributed by atoms with Crippen LogP contribution >= 0.6 is 39.1 Å². The summed E-state index contributed by atoms with van der Waals surface area (Å²) in [6.45, 7) is 4.43. The maximum atomic E-state index is 6.35. The van der Waals surface area contributed by atoms with Gasteiger partial charge in [-0.05, 0) is 30.4 Å². The Hall–Kier alpha value is 0.0800. The number of methoxy groups -OCH3 is 1. The maximum absolute atomic E-state index is 6.35. The van der Waals surface area contributed by atoms with Crippen molar-refractivity contribution in [2.45, 2.75) is 44.4 Å². The summed E-state index contributed by atoms with van der Waals surface area (Å²) in [4.78, 5) is 0.239. The normalized spacial score (nSPS) is 12.8. The zero-order chi connectivity index (χ0) is 14.4. The molecule has 0 heterocycles. The van der Waals surface area contributed by atoms with Crippen molar-refractivity contribution in [2.75, 3.05) is 7.11 Å². The zero-order valence-electron chi connectivity index (χ0n) is 11.7. The predicted octanol–water partition coefficient (Wildman–Crippen LogP) is 6.65. The molecule has 0 aliphatic heterocycles. The molecule has 1 aromatic rings. The van der Waals surface area contributed by atoms with Gasteiger partial charge in [0.1, 0.15) is 5.75 Å². The van der Waals surface area contributed by atoms with Crippen molar-refractivity contribution in [3.63, 3.8) is 0 Å². The van der Waals surface area contributed by atoms with Crippen LogP contribution in [0.15, 0.2) is 12.1 Å². The molecule has 1 nitrogen and oxygen atoms in total. The third-order valence-electron chi connectivity index (χ3n) is 3.30. The van der Waals surface area contributed by atoms with Crippen LogP contribution in [0, 0.1) is 5.92 Å². The van der Waals surface area contributed by atoms with Crippen molar-refractivity contribution in [3.8, 4) is 5.75 Å². The number of hydrogen-bond donors (Lipinski definition) is 0. The fourth-order valence-corrected chi connectivity index (χ4v) is 3.90. The van der Waals surface area contributed by atoms with Gasteiger partial charge in [-0.3, -0.25) is 0 Å². The molecule has 0 saturated carbocycles. The highest BCUT2D eigenvalue weighted by molar-refractivity contribution is 9.09. The Bertz CT molecular complexity index is 403. The summed E-state index contributed by atoms with van der Waals surface area (Å²) in [5.41, 5.74) is 1.05. The molecule has 1 atom stereocenters. The molecule has 0 amide bonds. The number of hydrogen-bond acceptors (Lipinski definition) is 1. The Morgan fingerprint density at radius 3 is 2.16 bits per heavy atom. The second kappa shape index (κ2) is 8.39. The van der Waals surface area contributed by atoms with Gasteiger partial charge in [-0.15, -0.1) is 0 Å². The molecule has 0 radical (unpaired) electrons. The molecule has 4 heteroatoms. The van der Waals surface area contributed by atoms with E-state index in [0.717, 1.165) is 5.56 Å². The van der Waals surface area contributed by atoms with E-state index >= 15 is 0 Å². The molecule has 0 aromatic heterocycles. The number of ether oxygens (including phenoxy) is 1. The summed E-state index contributed by atoms with van der Waals surface area (Å²) >= 11 is 16.4. The smallest absolute Gasteiger partial charge is 0.138 e. The minimum absolute atomic E-state index is 0.239. The lowest BCUT2D eigenvalue weighted by Gasteiger charge is -2.23. The molecule has 19 heavy (non-hydrogen) atoms. The van der Waals surface area contributed by atoms with E-state index in [4.69, 9.17) is 27.9 Å². The van der Waals surface area contributed by atoms with Crippen LogP contribution in [0.25, 0.3) is 0 Å². The van der Waals surface area contributed by atoms with Crippen molar-refractivity contribution in [2.24, 2.45) is 5.92 Å². The highest BCUT2D eigenvalue weighted by Crippen LogP contribution is 2.43. The summed E-state index contributed by atoms with van der Waals surface area (Å²) in [5.74, 6) is 1.20. The van der Waals surface area contributed by atoms with Gasteiger partial charge < -0.3 is 4.74 Å². The van der Waals surface area contributed by atoms with E-state index in [9.17, 15) is 0 Å². The third-order valence-corrected chi connectivity index (χ3v) is 5.16. The van der Waals surface area contributed by atoms with Crippen LogP contribution in [0.3, 0.4) is 0 Å². The summed E-state index contributed by atoms with van der Waals surface area (Å²) < 4.78 is 5.18. The quantitative estimate of drug-likeness (QED) is 0.490. The number of rotatable bonds is 7. The van der Waals surface area contributed by atoms with Crippen molar-refractivity contribution in [1.82, 2.24) is 0 Å². The van der Waals surface area contributed by atoms with Crippen molar-refractivity contribution < 1.29 is 4.74 Å². The van der Waals surface area contributed by atoms with E-state index in [-0.39, 0.29) is 4.83 Å². The summed E-state index contributed by atoms with van der Waals surface area (Å²) in [7, 11) is 1.60. The Labute approximate surface area is 134 Å². The lowest BCUT2D eigenvalue weighted by Crippen LogP contribution is -2.08. The Kier molecular flexibility index (Phi) is 7.56. The minimum Gasteiger partial charge on any atom is -0.495 e. The number of alkyl halides is 1. The Morgan fingerprint density at radius 2 is 1.68 bits per heavy atom. The van der Waals surface area contributed by atoms with E-state index in [1.54, 1.807) is 13.2 Å². The summed E-state index contributed by atoms with van der Waals surface area (Å²) in [6.07, 6.45) is 4.72. The van der Waals surface area contributed by atoms with Crippen LogP contribution in [-0.4, -0.2) is 7.11 Å². The molecular weight excluding hydrogens is 347 g/mol. The fourth-order valence-electron chi connectivity index (χ4n) is 2.34. The van der Waals surface area contributed by atoms with Crippen molar-refractivity contribution in [3.05, 3.63) is 27.7 Å². The van der Waals surface area contributed by atoms with E-state index in [1.807, 2.05) is 6.07 Å². The average Bonchev–Trinajstić information content (AvgIpc) is 2.40. The van der Waals surface area contributed by atoms with E-state index in [2.05, 4.69) is 29.8 Å².